The highest BCUT2D eigenvalue weighted by atomic mass is 28.4. The Morgan fingerprint density at radius 1 is 1.44 bits per heavy atom. The molecule has 0 aromatic rings. The Balaban J connectivity index is 2.66. The lowest BCUT2D eigenvalue weighted by Crippen LogP contribution is -2.47. The van der Waals surface area contributed by atoms with E-state index in [2.05, 4.69) is 40.4 Å². The highest BCUT2D eigenvalue weighted by molar-refractivity contribution is 6.74. The van der Waals surface area contributed by atoms with Crippen molar-refractivity contribution in [2.24, 2.45) is 0 Å². The third-order valence-electron chi connectivity index (χ3n) is 4.57. The second-order valence-electron chi connectivity index (χ2n) is 7.31. The number of rotatable bonds is 4. The predicted octanol–water partition coefficient (Wildman–Crippen LogP) is 4.26. The van der Waals surface area contributed by atoms with Gasteiger partial charge < -0.3 is 9.53 Å². The Morgan fingerprint density at radius 3 is 2.56 bits per heavy atom. The summed E-state index contributed by atoms with van der Waals surface area (Å²) in [6.07, 6.45) is 6.54. The normalized spacial score (nSPS) is 30.2. The summed E-state index contributed by atoms with van der Waals surface area (Å²) in [5.41, 5.74) is -0.576. The first-order valence-corrected chi connectivity index (χ1v) is 10.0. The second kappa shape index (κ2) is 5.47. The minimum absolute atomic E-state index is 0.226. The van der Waals surface area contributed by atoms with Crippen LogP contribution in [0.4, 0.5) is 0 Å². The maximum Gasteiger partial charge on any atom is 0.192 e. The Morgan fingerprint density at radius 2 is 2.06 bits per heavy atom. The van der Waals surface area contributed by atoms with Gasteiger partial charge in [0.15, 0.2) is 8.32 Å². The summed E-state index contributed by atoms with van der Waals surface area (Å²) < 4.78 is 6.43. The Kier molecular flexibility index (Phi) is 4.85. The van der Waals surface area contributed by atoms with Gasteiger partial charge in [0.05, 0.1) is 5.60 Å². The standard InChI is InChI=1S/C15H30O2Si/c1-7-10-15(16)11-8-9-13(12-15)17-18(5,6)14(2,3)4/h7,13,16H,1,8-12H2,2-6H3/t13-,15+/m1/s1. The van der Waals surface area contributed by atoms with Crippen LogP contribution in [0.2, 0.25) is 18.1 Å². The molecule has 1 saturated carbocycles. The molecule has 0 heterocycles. The third kappa shape index (κ3) is 3.94. The van der Waals surface area contributed by atoms with E-state index in [-0.39, 0.29) is 11.1 Å². The lowest BCUT2D eigenvalue weighted by atomic mass is 9.81. The first kappa shape index (κ1) is 15.9. The lowest BCUT2D eigenvalue weighted by Gasteiger charge is -2.43. The summed E-state index contributed by atoms with van der Waals surface area (Å²) in [5.74, 6) is 0. The van der Waals surface area contributed by atoms with E-state index in [0.717, 1.165) is 25.7 Å². The van der Waals surface area contributed by atoms with Crippen LogP contribution in [0.15, 0.2) is 12.7 Å². The maximum atomic E-state index is 10.5. The van der Waals surface area contributed by atoms with Crippen molar-refractivity contribution in [3.05, 3.63) is 12.7 Å². The lowest BCUT2D eigenvalue weighted by molar-refractivity contribution is -0.0386. The summed E-state index contributed by atoms with van der Waals surface area (Å²) in [6.45, 7) is 15.1. The van der Waals surface area contributed by atoms with Crippen molar-refractivity contribution >= 4 is 8.32 Å². The van der Waals surface area contributed by atoms with Gasteiger partial charge >= 0.3 is 0 Å². The number of hydrogen-bond acceptors (Lipinski definition) is 2. The van der Waals surface area contributed by atoms with Crippen LogP contribution >= 0.6 is 0 Å². The zero-order chi connectivity index (χ0) is 14.0. The molecule has 0 amide bonds. The first-order valence-electron chi connectivity index (χ1n) is 7.11. The zero-order valence-electron chi connectivity index (χ0n) is 12.8. The SMILES string of the molecule is C=CC[C@]1(O)CCC[C@@H](O[Si](C)(C)C(C)(C)C)C1. The van der Waals surface area contributed by atoms with E-state index in [1.54, 1.807) is 0 Å². The summed E-state index contributed by atoms with van der Waals surface area (Å²) >= 11 is 0. The molecule has 3 heteroatoms. The van der Waals surface area contributed by atoms with Crippen LogP contribution in [0, 0.1) is 0 Å². The van der Waals surface area contributed by atoms with E-state index in [9.17, 15) is 5.11 Å². The molecule has 1 aliphatic rings. The topological polar surface area (TPSA) is 29.5 Å². The highest BCUT2D eigenvalue weighted by Crippen LogP contribution is 2.41. The van der Waals surface area contributed by atoms with Gasteiger partial charge in [-0.05, 0) is 43.8 Å². The van der Waals surface area contributed by atoms with E-state index in [1.165, 1.54) is 0 Å². The summed E-state index contributed by atoms with van der Waals surface area (Å²) in [6, 6.07) is 0. The quantitative estimate of drug-likeness (QED) is 0.611. The van der Waals surface area contributed by atoms with Crippen molar-refractivity contribution in [3.8, 4) is 0 Å². The molecule has 0 bridgehead atoms. The average molecular weight is 270 g/mol. The van der Waals surface area contributed by atoms with Gasteiger partial charge in [0.25, 0.3) is 0 Å². The van der Waals surface area contributed by atoms with Crippen molar-refractivity contribution in [2.75, 3.05) is 0 Å². The van der Waals surface area contributed by atoms with Gasteiger partial charge in [0.1, 0.15) is 0 Å². The van der Waals surface area contributed by atoms with E-state index < -0.39 is 13.9 Å². The Labute approximate surface area is 114 Å². The number of hydrogen-bond donors (Lipinski definition) is 1. The molecule has 106 valence electrons. The maximum absolute atomic E-state index is 10.5. The van der Waals surface area contributed by atoms with Crippen molar-refractivity contribution in [2.45, 2.75) is 82.7 Å². The first-order chi connectivity index (χ1) is 8.10. The van der Waals surface area contributed by atoms with Crippen molar-refractivity contribution in [1.82, 2.24) is 0 Å². The molecule has 1 N–H and O–H groups in total. The molecule has 0 radical (unpaired) electrons. The summed E-state index contributed by atoms with van der Waals surface area (Å²) in [4.78, 5) is 0. The van der Waals surface area contributed by atoms with Crippen LogP contribution in [0.1, 0.15) is 52.9 Å². The van der Waals surface area contributed by atoms with Crippen LogP contribution < -0.4 is 0 Å². The molecule has 0 unspecified atom stereocenters. The molecule has 2 nitrogen and oxygen atoms in total. The van der Waals surface area contributed by atoms with Crippen molar-refractivity contribution in [1.29, 1.82) is 0 Å². The third-order valence-corrected chi connectivity index (χ3v) is 9.10. The van der Waals surface area contributed by atoms with Gasteiger partial charge in [0.2, 0.25) is 0 Å². The fourth-order valence-electron chi connectivity index (χ4n) is 2.43. The van der Waals surface area contributed by atoms with Gasteiger partial charge in [-0.15, -0.1) is 6.58 Å². The molecule has 0 aromatic carbocycles. The average Bonchev–Trinajstić information content (AvgIpc) is 2.14. The van der Waals surface area contributed by atoms with Crippen LogP contribution in [0.5, 0.6) is 0 Å². The molecule has 2 atom stereocenters. The van der Waals surface area contributed by atoms with Crippen LogP contribution in [0.25, 0.3) is 0 Å². The molecule has 1 aliphatic carbocycles. The molecule has 1 rings (SSSR count). The van der Waals surface area contributed by atoms with E-state index >= 15 is 0 Å². The fourth-order valence-corrected chi connectivity index (χ4v) is 3.82. The Bertz CT molecular complexity index is 293. The molecule has 18 heavy (non-hydrogen) atoms. The molecule has 0 saturated heterocycles. The van der Waals surface area contributed by atoms with E-state index in [4.69, 9.17) is 4.43 Å². The van der Waals surface area contributed by atoms with E-state index in [1.807, 2.05) is 6.08 Å². The van der Waals surface area contributed by atoms with Crippen LogP contribution in [-0.4, -0.2) is 25.1 Å². The molecular formula is C15H30O2Si. The Hall–Kier alpha value is -0.123. The molecule has 0 aliphatic heterocycles. The monoisotopic (exact) mass is 270 g/mol. The minimum atomic E-state index is -1.71. The van der Waals surface area contributed by atoms with Gasteiger partial charge in [-0.3, -0.25) is 0 Å². The highest BCUT2D eigenvalue weighted by Gasteiger charge is 2.42. The van der Waals surface area contributed by atoms with Crippen molar-refractivity contribution in [3.63, 3.8) is 0 Å². The number of aliphatic hydroxyl groups is 1. The zero-order valence-corrected chi connectivity index (χ0v) is 13.8. The molecule has 0 aromatic heterocycles. The molecule has 0 spiro atoms. The molecular weight excluding hydrogens is 240 g/mol. The fraction of sp³-hybridized carbons (Fsp3) is 0.867. The second-order valence-corrected chi connectivity index (χ2v) is 12.1. The van der Waals surface area contributed by atoms with Crippen LogP contribution in [-0.2, 0) is 4.43 Å². The molecule has 1 fully saturated rings. The van der Waals surface area contributed by atoms with Crippen LogP contribution in [0.3, 0.4) is 0 Å². The van der Waals surface area contributed by atoms with E-state index in [0.29, 0.717) is 6.42 Å². The van der Waals surface area contributed by atoms with Gasteiger partial charge in [0, 0.05) is 12.5 Å². The summed E-state index contributed by atoms with van der Waals surface area (Å²) in [5, 5.41) is 10.7. The predicted molar refractivity (Wildman–Crippen MR) is 80.3 cm³/mol. The summed E-state index contributed by atoms with van der Waals surface area (Å²) in [7, 11) is -1.71. The largest absolute Gasteiger partial charge is 0.414 e. The van der Waals surface area contributed by atoms with Crippen molar-refractivity contribution < 1.29 is 9.53 Å². The van der Waals surface area contributed by atoms with Gasteiger partial charge in [-0.25, -0.2) is 0 Å². The minimum Gasteiger partial charge on any atom is -0.414 e. The van der Waals surface area contributed by atoms with Gasteiger partial charge in [-0.1, -0.05) is 26.8 Å². The van der Waals surface area contributed by atoms with Gasteiger partial charge in [-0.2, -0.15) is 0 Å². The smallest absolute Gasteiger partial charge is 0.192 e.